The van der Waals surface area contributed by atoms with Crippen molar-refractivity contribution in [3.05, 3.63) is 47.4 Å². The van der Waals surface area contributed by atoms with Gasteiger partial charge in [-0.3, -0.25) is 9.78 Å². The highest BCUT2D eigenvalue weighted by molar-refractivity contribution is 6.32. The van der Waals surface area contributed by atoms with E-state index < -0.39 is 0 Å². The average Bonchev–Trinajstić information content (AvgIpc) is 2.42. The quantitative estimate of drug-likeness (QED) is 0.864. The van der Waals surface area contributed by atoms with Gasteiger partial charge in [-0.1, -0.05) is 11.6 Å². The molecule has 1 amide bonds. The summed E-state index contributed by atoms with van der Waals surface area (Å²) < 4.78 is 4.92. The van der Waals surface area contributed by atoms with Gasteiger partial charge in [-0.2, -0.15) is 4.98 Å². The lowest BCUT2D eigenvalue weighted by molar-refractivity contribution is 0.102. The first kappa shape index (κ1) is 12.3. The number of hydrogen-bond donors (Lipinski definition) is 1. The van der Waals surface area contributed by atoms with Crippen molar-refractivity contribution in [3.63, 3.8) is 0 Å². The molecule has 2 aromatic heterocycles. The fraction of sp³-hybridized carbons (Fsp3) is 0.0833. The first-order chi connectivity index (χ1) is 8.70. The number of pyridine rings is 2. The van der Waals surface area contributed by atoms with E-state index in [1.54, 1.807) is 30.5 Å². The van der Waals surface area contributed by atoms with E-state index in [4.69, 9.17) is 16.3 Å². The SMILES string of the molecule is COc1ccc(NC(=O)c2cccnc2)c(Cl)n1. The highest BCUT2D eigenvalue weighted by Gasteiger charge is 2.09. The van der Waals surface area contributed by atoms with Crippen molar-refractivity contribution in [1.29, 1.82) is 0 Å². The number of carbonyl (C=O) groups is 1. The largest absolute Gasteiger partial charge is 0.481 e. The van der Waals surface area contributed by atoms with Crippen molar-refractivity contribution in [1.82, 2.24) is 9.97 Å². The molecule has 2 heterocycles. The Kier molecular flexibility index (Phi) is 3.74. The van der Waals surface area contributed by atoms with E-state index in [-0.39, 0.29) is 11.1 Å². The second-order valence-corrected chi connectivity index (χ2v) is 3.75. The summed E-state index contributed by atoms with van der Waals surface area (Å²) in [6.07, 6.45) is 3.07. The molecule has 0 aliphatic rings. The number of rotatable bonds is 3. The molecule has 0 fully saturated rings. The normalized spacial score (nSPS) is 9.89. The van der Waals surface area contributed by atoms with E-state index in [0.717, 1.165) is 0 Å². The summed E-state index contributed by atoms with van der Waals surface area (Å²) in [4.78, 5) is 19.7. The Labute approximate surface area is 109 Å². The summed E-state index contributed by atoms with van der Waals surface area (Å²) in [6, 6.07) is 6.59. The zero-order chi connectivity index (χ0) is 13.0. The molecule has 6 heteroatoms. The fourth-order valence-electron chi connectivity index (χ4n) is 1.32. The van der Waals surface area contributed by atoms with Gasteiger partial charge in [0.25, 0.3) is 5.91 Å². The smallest absolute Gasteiger partial charge is 0.257 e. The van der Waals surface area contributed by atoms with Gasteiger partial charge in [-0.15, -0.1) is 0 Å². The molecule has 5 nitrogen and oxygen atoms in total. The van der Waals surface area contributed by atoms with Crippen LogP contribution in [0.25, 0.3) is 0 Å². The number of methoxy groups -OCH3 is 1. The molecule has 0 aliphatic heterocycles. The summed E-state index contributed by atoms with van der Waals surface area (Å²) in [7, 11) is 1.49. The van der Waals surface area contributed by atoms with Gasteiger partial charge < -0.3 is 10.1 Å². The maximum absolute atomic E-state index is 11.9. The Balaban J connectivity index is 2.17. The molecule has 1 N–H and O–H groups in total. The lowest BCUT2D eigenvalue weighted by Crippen LogP contribution is -2.12. The van der Waals surface area contributed by atoms with Crippen molar-refractivity contribution in [2.75, 3.05) is 12.4 Å². The molecule has 0 aliphatic carbocycles. The molecular formula is C12H10ClN3O2. The van der Waals surface area contributed by atoms with Gasteiger partial charge in [0.2, 0.25) is 5.88 Å². The van der Waals surface area contributed by atoms with Gasteiger partial charge in [0, 0.05) is 18.5 Å². The standard InChI is InChI=1S/C12H10ClN3O2/c1-18-10-5-4-9(11(13)16-10)15-12(17)8-3-2-6-14-7-8/h2-7H,1H3,(H,15,17). The third kappa shape index (κ3) is 2.75. The molecule has 0 aromatic carbocycles. The molecule has 0 radical (unpaired) electrons. The molecule has 0 saturated heterocycles. The average molecular weight is 264 g/mol. The number of amides is 1. The Hall–Kier alpha value is -2.14. The van der Waals surface area contributed by atoms with Gasteiger partial charge in [0.1, 0.15) is 0 Å². The summed E-state index contributed by atoms with van der Waals surface area (Å²) in [6.45, 7) is 0. The summed E-state index contributed by atoms with van der Waals surface area (Å²) in [5.74, 6) is 0.0938. The van der Waals surface area contributed by atoms with E-state index in [0.29, 0.717) is 17.1 Å². The van der Waals surface area contributed by atoms with Crippen molar-refractivity contribution < 1.29 is 9.53 Å². The Bertz CT molecular complexity index is 561. The van der Waals surface area contributed by atoms with Crippen LogP contribution in [-0.4, -0.2) is 23.0 Å². The zero-order valence-electron chi connectivity index (χ0n) is 9.55. The van der Waals surface area contributed by atoms with Gasteiger partial charge in [0.05, 0.1) is 18.4 Å². The van der Waals surface area contributed by atoms with Gasteiger partial charge in [0.15, 0.2) is 5.15 Å². The maximum atomic E-state index is 11.9. The molecule has 0 unspecified atom stereocenters. The minimum Gasteiger partial charge on any atom is -0.481 e. The van der Waals surface area contributed by atoms with E-state index in [9.17, 15) is 4.79 Å². The number of ether oxygens (including phenoxy) is 1. The van der Waals surface area contributed by atoms with Crippen LogP contribution in [0.2, 0.25) is 5.15 Å². The Morgan fingerprint density at radius 2 is 2.22 bits per heavy atom. The molecule has 0 bridgehead atoms. The monoisotopic (exact) mass is 263 g/mol. The van der Waals surface area contributed by atoms with E-state index >= 15 is 0 Å². The van der Waals surface area contributed by atoms with Crippen LogP contribution >= 0.6 is 11.6 Å². The minimum absolute atomic E-state index is 0.173. The molecule has 92 valence electrons. The molecule has 0 spiro atoms. The lowest BCUT2D eigenvalue weighted by Gasteiger charge is -2.07. The molecule has 2 aromatic rings. The van der Waals surface area contributed by atoms with Gasteiger partial charge in [-0.05, 0) is 18.2 Å². The van der Waals surface area contributed by atoms with E-state index in [2.05, 4.69) is 15.3 Å². The number of aromatic nitrogens is 2. The van der Waals surface area contributed by atoms with Gasteiger partial charge >= 0.3 is 0 Å². The number of hydrogen-bond acceptors (Lipinski definition) is 4. The first-order valence-corrected chi connectivity index (χ1v) is 5.50. The minimum atomic E-state index is -0.294. The molecule has 2 rings (SSSR count). The van der Waals surface area contributed by atoms with Crippen LogP contribution in [0.4, 0.5) is 5.69 Å². The number of carbonyl (C=O) groups excluding carboxylic acids is 1. The number of anilines is 1. The van der Waals surface area contributed by atoms with Crippen molar-refractivity contribution in [2.24, 2.45) is 0 Å². The first-order valence-electron chi connectivity index (χ1n) is 5.12. The summed E-state index contributed by atoms with van der Waals surface area (Å²) >= 11 is 5.92. The number of halogens is 1. The lowest BCUT2D eigenvalue weighted by atomic mass is 10.2. The predicted octanol–water partition coefficient (Wildman–Crippen LogP) is 2.39. The Morgan fingerprint density at radius 3 is 2.83 bits per heavy atom. The molecule has 0 atom stereocenters. The van der Waals surface area contributed by atoms with Crippen LogP contribution in [-0.2, 0) is 0 Å². The molecular weight excluding hydrogens is 254 g/mol. The second-order valence-electron chi connectivity index (χ2n) is 3.39. The Morgan fingerprint density at radius 1 is 1.39 bits per heavy atom. The zero-order valence-corrected chi connectivity index (χ0v) is 10.3. The van der Waals surface area contributed by atoms with Crippen LogP contribution in [0.5, 0.6) is 5.88 Å². The third-order valence-corrected chi connectivity index (χ3v) is 2.49. The van der Waals surface area contributed by atoms with E-state index in [1.807, 2.05) is 0 Å². The summed E-state index contributed by atoms with van der Waals surface area (Å²) in [5, 5.41) is 2.82. The maximum Gasteiger partial charge on any atom is 0.257 e. The molecule has 0 saturated carbocycles. The fourth-order valence-corrected chi connectivity index (χ4v) is 1.51. The van der Waals surface area contributed by atoms with Crippen LogP contribution in [0.15, 0.2) is 36.7 Å². The topological polar surface area (TPSA) is 64.1 Å². The van der Waals surface area contributed by atoms with E-state index in [1.165, 1.54) is 13.3 Å². The number of nitrogens with zero attached hydrogens (tertiary/aromatic N) is 2. The van der Waals surface area contributed by atoms with Crippen LogP contribution in [0.3, 0.4) is 0 Å². The number of nitrogens with one attached hydrogen (secondary N) is 1. The third-order valence-electron chi connectivity index (χ3n) is 2.20. The van der Waals surface area contributed by atoms with Crippen LogP contribution in [0.1, 0.15) is 10.4 Å². The highest BCUT2D eigenvalue weighted by Crippen LogP contribution is 2.22. The van der Waals surface area contributed by atoms with Crippen molar-refractivity contribution >= 4 is 23.2 Å². The second kappa shape index (κ2) is 5.46. The van der Waals surface area contributed by atoms with Crippen LogP contribution < -0.4 is 10.1 Å². The van der Waals surface area contributed by atoms with Crippen molar-refractivity contribution in [2.45, 2.75) is 0 Å². The molecule has 18 heavy (non-hydrogen) atoms. The van der Waals surface area contributed by atoms with Gasteiger partial charge in [-0.25, -0.2) is 0 Å². The predicted molar refractivity (Wildman–Crippen MR) is 68.0 cm³/mol. The van der Waals surface area contributed by atoms with Crippen molar-refractivity contribution in [3.8, 4) is 5.88 Å². The highest BCUT2D eigenvalue weighted by atomic mass is 35.5. The van der Waals surface area contributed by atoms with Crippen LogP contribution in [0, 0.1) is 0 Å². The summed E-state index contributed by atoms with van der Waals surface area (Å²) in [5.41, 5.74) is 0.871.